The Morgan fingerprint density at radius 2 is 2.19 bits per heavy atom. The lowest BCUT2D eigenvalue weighted by Crippen LogP contribution is -2.37. The number of hydrogen-bond acceptors (Lipinski definition) is 2. The molecule has 2 unspecified atom stereocenters. The van der Waals surface area contributed by atoms with Crippen LogP contribution in [0.3, 0.4) is 0 Å². The molecule has 2 nitrogen and oxygen atoms in total. The fraction of sp³-hybridized carbons (Fsp3) is 0.786. The molecule has 2 heteroatoms. The van der Waals surface area contributed by atoms with Gasteiger partial charge in [0.2, 0.25) is 0 Å². The van der Waals surface area contributed by atoms with Gasteiger partial charge in [-0.05, 0) is 38.2 Å². The number of carbonyl (C=O) groups is 1. The fourth-order valence-electron chi connectivity index (χ4n) is 2.31. The molecule has 0 aromatic heterocycles. The summed E-state index contributed by atoms with van der Waals surface area (Å²) in [7, 11) is 0. The predicted octanol–water partition coefficient (Wildman–Crippen LogP) is 3.24. The van der Waals surface area contributed by atoms with Gasteiger partial charge < -0.3 is 5.11 Å². The van der Waals surface area contributed by atoms with Gasteiger partial charge in [0, 0.05) is 6.42 Å². The van der Waals surface area contributed by atoms with E-state index in [4.69, 9.17) is 0 Å². The molecule has 0 saturated carbocycles. The van der Waals surface area contributed by atoms with Crippen molar-refractivity contribution in [3.05, 3.63) is 11.6 Å². The van der Waals surface area contributed by atoms with E-state index in [0.29, 0.717) is 6.42 Å². The first-order chi connectivity index (χ1) is 7.47. The third kappa shape index (κ3) is 3.44. The molecule has 0 spiro atoms. The molecule has 1 N–H and O–H groups in total. The molecule has 92 valence electrons. The third-order valence-electron chi connectivity index (χ3n) is 3.75. The molecule has 0 heterocycles. The van der Waals surface area contributed by atoms with Crippen LogP contribution in [0, 0.1) is 5.92 Å². The van der Waals surface area contributed by atoms with Gasteiger partial charge in [-0.15, -0.1) is 0 Å². The Bertz CT molecular complexity index is 276. The summed E-state index contributed by atoms with van der Waals surface area (Å²) >= 11 is 0. The summed E-state index contributed by atoms with van der Waals surface area (Å²) in [6, 6.07) is 0. The first kappa shape index (κ1) is 13.4. The van der Waals surface area contributed by atoms with Crippen molar-refractivity contribution in [1.29, 1.82) is 0 Å². The van der Waals surface area contributed by atoms with Gasteiger partial charge in [-0.25, -0.2) is 0 Å². The van der Waals surface area contributed by atoms with E-state index < -0.39 is 5.60 Å². The van der Waals surface area contributed by atoms with E-state index in [0.717, 1.165) is 31.3 Å². The van der Waals surface area contributed by atoms with Crippen LogP contribution in [0.5, 0.6) is 0 Å². The Morgan fingerprint density at radius 1 is 1.50 bits per heavy atom. The Hall–Kier alpha value is -0.630. The highest BCUT2D eigenvalue weighted by Gasteiger charge is 2.34. The molecule has 0 aromatic rings. The van der Waals surface area contributed by atoms with E-state index in [1.165, 1.54) is 6.42 Å². The smallest absolute Gasteiger partial charge is 0.158 e. The Balaban J connectivity index is 2.53. The summed E-state index contributed by atoms with van der Waals surface area (Å²) in [6.45, 7) is 5.91. The lowest BCUT2D eigenvalue weighted by atomic mass is 9.76. The molecule has 0 aliphatic heterocycles. The molecule has 0 amide bonds. The summed E-state index contributed by atoms with van der Waals surface area (Å²) < 4.78 is 0. The first-order valence-electron chi connectivity index (χ1n) is 6.39. The van der Waals surface area contributed by atoms with Crippen molar-refractivity contribution in [2.24, 2.45) is 5.92 Å². The molecule has 1 aliphatic carbocycles. The van der Waals surface area contributed by atoms with Crippen molar-refractivity contribution in [2.45, 2.75) is 64.9 Å². The zero-order valence-corrected chi connectivity index (χ0v) is 10.8. The molecular weight excluding hydrogens is 200 g/mol. The minimum Gasteiger partial charge on any atom is -0.390 e. The van der Waals surface area contributed by atoms with Gasteiger partial charge in [-0.1, -0.05) is 32.3 Å². The highest BCUT2D eigenvalue weighted by Crippen LogP contribution is 2.33. The number of Topliss-reactive ketones (excluding diaryl/α,β-unsaturated/α-hetero) is 1. The van der Waals surface area contributed by atoms with Crippen molar-refractivity contribution in [3.63, 3.8) is 0 Å². The Labute approximate surface area is 98.7 Å². The van der Waals surface area contributed by atoms with E-state index >= 15 is 0 Å². The molecule has 0 aromatic carbocycles. The van der Waals surface area contributed by atoms with Crippen molar-refractivity contribution in [1.82, 2.24) is 0 Å². The highest BCUT2D eigenvalue weighted by molar-refractivity contribution is 5.95. The maximum Gasteiger partial charge on any atom is 0.158 e. The average Bonchev–Trinajstić information content (AvgIpc) is 2.22. The van der Waals surface area contributed by atoms with Crippen molar-refractivity contribution in [2.75, 3.05) is 0 Å². The maximum atomic E-state index is 11.6. The Kier molecular flexibility index (Phi) is 4.72. The quantitative estimate of drug-likeness (QED) is 0.728. The molecule has 2 atom stereocenters. The van der Waals surface area contributed by atoms with Crippen molar-refractivity contribution in [3.8, 4) is 0 Å². The largest absolute Gasteiger partial charge is 0.390 e. The molecule has 1 rings (SSSR count). The molecule has 0 saturated heterocycles. The van der Waals surface area contributed by atoms with Crippen molar-refractivity contribution < 1.29 is 9.90 Å². The summed E-state index contributed by atoms with van der Waals surface area (Å²) in [4.78, 5) is 11.6. The first-order valence-corrected chi connectivity index (χ1v) is 6.39. The molecule has 0 bridgehead atoms. The van der Waals surface area contributed by atoms with Gasteiger partial charge >= 0.3 is 0 Å². The maximum absolute atomic E-state index is 11.6. The topological polar surface area (TPSA) is 37.3 Å². The van der Waals surface area contributed by atoms with Crippen LogP contribution >= 0.6 is 0 Å². The average molecular weight is 224 g/mol. The number of ketones is 1. The molecule has 16 heavy (non-hydrogen) atoms. The second-order valence-electron chi connectivity index (χ2n) is 5.26. The molecular formula is C14H24O2. The van der Waals surface area contributed by atoms with E-state index in [9.17, 15) is 9.90 Å². The van der Waals surface area contributed by atoms with Gasteiger partial charge in [0.25, 0.3) is 0 Å². The summed E-state index contributed by atoms with van der Waals surface area (Å²) in [5, 5.41) is 10.4. The van der Waals surface area contributed by atoms with Crippen molar-refractivity contribution >= 4 is 5.78 Å². The van der Waals surface area contributed by atoms with E-state index in [1.54, 1.807) is 0 Å². The summed E-state index contributed by atoms with van der Waals surface area (Å²) in [5.74, 6) is 0.313. The van der Waals surface area contributed by atoms with Crippen LogP contribution in [0.2, 0.25) is 0 Å². The molecule has 1 aliphatic rings. The minimum absolute atomic E-state index is 0.112. The monoisotopic (exact) mass is 224 g/mol. The van der Waals surface area contributed by atoms with E-state index in [1.807, 2.05) is 19.9 Å². The van der Waals surface area contributed by atoms with Gasteiger partial charge in [0.1, 0.15) is 0 Å². The lowest BCUT2D eigenvalue weighted by molar-refractivity contribution is -0.120. The van der Waals surface area contributed by atoms with Gasteiger partial charge in [0.05, 0.1) is 5.60 Å². The number of allylic oxidation sites excluding steroid dienone is 2. The fourth-order valence-corrected chi connectivity index (χ4v) is 2.31. The van der Waals surface area contributed by atoms with Gasteiger partial charge in [0.15, 0.2) is 5.78 Å². The zero-order valence-electron chi connectivity index (χ0n) is 10.8. The third-order valence-corrected chi connectivity index (χ3v) is 3.75. The van der Waals surface area contributed by atoms with Crippen LogP contribution < -0.4 is 0 Å². The highest BCUT2D eigenvalue weighted by atomic mass is 16.3. The van der Waals surface area contributed by atoms with Crippen LogP contribution in [-0.4, -0.2) is 16.5 Å². The van der Waals surface area contributed by atoms with Crippen LogP contribution in [0.1, 0.15) is 59.3 Å². The van der Waals surface area contributed by atoms with Gasteiger partial charge in [-0.2, -0.15) is 0 Å². The second kappa shape index (κ2) is 5.62. The number of aliphatic hydroxyl groups is 1. The van der Waals surface area contributed by atoms with E-state index in [-0.39, 0.29) is 11.7 Å². The van der Waals surface area contributed by atoms with Crippen LogP contribution in [0.25, 0.3) is 0 Å². The summed E-state index contributed by atoms with van der Waals surface area (Å²) in [5.41, 5.74) is 0.183. The predicted molar refractivity (Wildman–Crippen MR) is 66.3 cm³/mol. The number of rotatable bonds is 5. The molecule has 0 fully saturated rings. The van der Waals surface area contributed by atoms with Crippen LogP contribution in [0.15, 0.2) is 11.6 Å². The number of carbonyl (C=O) groups excluding carboxylic acids is 1. The SMILES string of the molecule is CCCCCC(C)(O)C1CC=C(C)C(=O)C1. The van der Waals surface area contributed by atoms with Crippen LogP contribution in [-0.2, 0) is 4.79 Å². The van der Waals surface area contributed by atoms with Crippen LogP contribution in [0.4, 0.5) is 0 Å². The second-order valence-corrected chi connectivity index (χ2v) is 5.26. The summed E-state index contributed by atoms with van der Waals surface area (Å²) in [6.07, 6.45) is 7.52. The normalized spacial score (nSPS) is 25.1. The lowest BCUT2D eigenvalue weighted by Gasteiger charge is -2.34. The van der Waals surface area contributed by atoms with Gasteiger partial charge in [-0.3, -0.25) is 4.79 Å². The van der Waals surface area contributed by atoms with E-state index in [2.05, 4.69) is 6.92 Å². The Morgan fingerprint density at radius 3 is 2.75 bits per heavy atom. The number of unbranched alkanes of at least 4 members (excludes halogenated alkanes) is 2. The number of hydrogen-bond donors (Lipinski definition) is 1. The molecule has 0 radical (unpaired) electrons. The minimum atomic E-state index is -0.679. The standard InChI is InChI=1S/C14H24O2/c1-4-5-6-9-14(3,16)12-8-7-11(2)13(15)10-12/h7,12,16H,4-6,8-10H2,1-3H3. The zero-order chi connectivity index (χ0) is 12.2.